The van der Waals surface area contributed by atoms with Gasteiger partial charge >= 0.3 is 0 Å². The molecule has 2 amide bonds. The highest BCUT2D eigenvalue weighted by atomic mass is 16.2. The summed E-state index contributed by atoms with van der Waals surface area (Å²) in [6.07, 6.45) is 5.32. The van der Waals surface area contributed by atoms with Crippen molar-refractivity contribution in [1.29, 1.82) is 0 Å². The molecule has 32 heavy (non-hydrogen) atoms. The van der Waals surface area contributed by atoms with E-state index in [2.05, 4.69) is 34.9 Å². The maximum absolute atomic E-state index is 12.5. The lowest BCUT2D eigenvalue weighted by Crippen LogP contribution is -2.36. The topological polar surface area (TPSA) is 80.2 Å². The monoisotopic (exact) mass is 431 g/mol. The molecule has 1 fully saturated rings. The molecule has 0 radical (unpaired) electrons. The third-order valence-corrected chi connectivity index (χ3v) is 6.32. The van der Waals surface area contributed by atoms with Crippen LogP contribution in [0.1, 0.15) is 37.2 Å². The fourth-order valence-corrected chi connectivity index (χ4v) is 4.63. The first-order valence-corrected chi connectivity index (χ1v) is 11.3. The largest absolute Gasteiger partial charge is 0.356 e. The molecule has 1 heterocycles. The standard InChI is InChI=1S/C26H29N3O3/c30-24(28-17-21-10-6-12-22(21)19-7-2-1-3-8-19)13-15-27-25(31)18-29-16-14-20-9-4-5-11-23(20)26(29)32/h1-5,7-9,11,14,16,21-22H,6,10,12-13,15,17-18H2,(H,27,31)(H,28,30)/t21-,22-/m1/s1. The molecule has 2 aromatic carbocycles. The van der Waals surface area contributed by atoms with E-state index in [1.54, 1.807) is 18.3 Å². The third-order valence-electron chi connectivity index (χ3n) is 6.32. The molecule has 1 aliphatic rings. The van der Waals surface area contributed by atoms with Crippen LogP contribution in [0, 0.1) is 5.92 Å². The molecule has 2 atom stereocenters. The van der Waals surface area contributed by atoms with E-state index >= 15 is 0 Å². The number of benzene rings is 2. The molecule has 0 bridgehead atoms. The summed E-state index contributed by atoms with van der Waals surface area (Å²) in [5.41, 5.74) is 1.15. The summed E-state index contributed by atoms with van der Waals surface area (Å²) in [5, 5.41) is 7.21. The molecule has 4 rings (SSSR count). The Bertz CT molecular complexity index is 1140. The average Bonchev–Trinajstić information content (AvgIpc) is 3.29. The second-order valence-corrected chi connectivity index (χ2v) is 8.45. The van der Waals surface area contributed by atoms with E-state index < -0.39 is 0 Å². The molecule has 166 valence electrons. The van der Waals surface area contributed by atoms with E-state index in [1.165, 1.54) is 16.6 Å². The molecule has 0 saturated heterocycles. The number of hydrogen-bond donors (Lipinski definition) is 2. The van der Waals surface area contributed by atoms with Gasteiger partial charge in [-0.25, -0.2) is 0 Å². The first-order valence-electron chi connectivity index (χ1n) is 11.3. The van der Waals surface area contributed by atoms with Crippen LogP contribution in [0.3, 0.4) is 0 Å². The summed E-state index contributed by atoms with van der Waals surface area (Å²) < 4.78 is 1.39. The van der Waals surface area contributed by atoms with Crippen molar-refractivity contribution in [2.75, 3.05) is 13.1 Å². The van der Waals surface area contributed by atoms with Gasteiger partial charge in [0.15, 0.2) is 0 Å². The zero-order valence-corrected chi connectivity index (χ0v) is 18.1. The highest BCUT2D eigenvalue weighted by Crippen LogP contribution is 2.39. The highest BCUT2D eigenvalue weighted by Gasteiger charge is 2.28. The van der Waals surface area contributed by atoms with Gasteiger partial charge in [-0.3, -0.25) is 14.4 Å². The van der Waals surface area contributed by atoms with Crippen LogP contribution in [0.15, 0.2) is 71.7 Å². The fraction of sp³-hybridized carbons (Fsp3) is 0.346. The van der Waals surface area contributed by atoms with Gasteiger partial charge in [-0.15, -0.1) is 0 Å². The average molecular weight is 432 g/mol. The van der Waals surface area contributed by atoms with Crippen LogP contribution < -0.4 is 16.2 Å². The van der Waals surface area contributed by atoms with Gasteiger partial charge in [0.2, 0.25) is 11.8 Å². The number of carbonyl (C=O) groups is 2. The molecule has 6 heteroatoms. The Labute approximate surface area is 187 Å². The predicted octanol–water partition coefficient (Wildman–Crippen LogP) is 3.21. The molecular weight excluding hydrogens is 402 g/mol. The molecular formula is C26H29N3O3. The number of amides is 2. The number of fused-ring (bicyclic) bond motifs is 1. The Morgan fingerprint density at radius 3 is 2.53 bits per heavy atom. The molecule has 1 saturated carbocycles. The van der Waals surface area contributed by atoms with E-state index in [0.717, 1.165) is 18.2 Å². The molecule has 1 aliphatic carbocycles. The van der Waals surface area contributed by atoms with Crippen molar-refractivity contribution in [2.45, 2.75) is 38.1 Å². The van der Waals surface area contributed by atoms with Gasteiger partial charge in [0.25, 0.3) is 5.56 Å². The summed E-state index contributed by atoms with van der Waals surface area (Å²) in [7, 11) is 0. The Balaban J connectivity index is 1.21. The summed E-state index contributed by atoms with van der Waals surface area (Å²) in [4.78, 5) is 37.0. The number of aromatic nitrogens is 1. The number of pyridine rings is 1. The summed E-state index contributed by atoms with van der Waals surface area (Å²) in [6.45, 7) is 0.852. The van der Waals surface area contributed by atoms with Gasteiger partial charge in [-0.05, 0) is 47.8 Å². The molecule has 1 aromatic heterocycles. The maximum atomic E-state index is 12.5. The van der Waals surface area contributed by atoms with Gasteiger partial charge in [-0.2, -0.15) is 0 Å². The van der Waals surface area contributed by atoms with Crippen LogP contribution in [-0.4, -0.2) is 29.5 Å². The SMILES string of the molecule is O=C(CCNC(=O)Cn1ccc2ccccc2c1=O)NC[C@H]1CCC[C@@H]1c1ccccc1. The number of carbonyl (C=O) groups excluding carboxylic acids is 2. The van der Waals surface area contributed by atoms with E-state index in [-0.39, 0.29) is 36.9 Å². The summed E-state index contributed by atoms with van der Waals surface area (Å²) in [5.74, 6) is 0.606. The maximum Gasteiger partial charge on any atom is 0.258 e. The number of rotatable bonds is 8. The van der Waals surface area contributed by atoms with Crippen LogP contribution in [0.5, 0.6) is 0 Å². The summed E-state index contributed by atoms with van der Waals surface area (Å²) in [6, 6.07) is 19.6. The van der Waals surface area contributed by atoms with Gasteiger partial charge in [0, 0.05) is 31.1 Å². The summed E-state index contributed by atoms with van der Waals surface area (Å²) >= 11 is 0. The zero-order chi connectivity index (χ0) is 22.3. The Morgan fingerprint density at radius 1 is 0.906 bits per heavy atom. The lowest BCUT2D eigenvalue weighted by atomic mass is 9.89. The minimum absolute atomic E-state index is 0.0631. The minimum atomic E-state index is -0.282. The normalized spacial score (nSPS) is 17.9. The van der Waals surface area contributed by atoms with Gasteiger partial charge in [-0.1, -0.05) is 55.0 Å². The van der Waals surface area contributed by atoms with E-state index in [9.17, 15) is 14.4 Å². The Kier molecular flexibility index (Phi) is 7.00. The van der Waals surface area contributed by atoms with E-state index in [4.69, 9.17) is 0 Å². The highest BCUT2D eigenvalue weighted by molar-refractivity contribution is 5.82. The molecule has 3 aromatic rings. The van der Waals surface area contributed by atoms with Crippen LogP contribution in [0.4, 0.5) is 0 Å². The van der Waals surface area contributed by atoms with Crippen LogP contribution in [0.2, 0.25) is 0 Å². The van der Waals surface area contributed by atoms with Crippen molar-refractivity contribution in [3.63, 3.8) is 0 Å². The molecule has 0 aliphatic heterocycles. The fourth-order valence-electron chi connectivity index (χ4n) is 4.63. The minimum Gasteiger partial charge on any atom is -0.356 e. The first kappa shape index (κ1) is 21.8. The number of hydrogen-bond acceptors (Lipinski definition) is 3. The first-order chi connectivity index (χ1) is 15.6. The van der Waals surface area contributed by atoms with Crippen molar-refractivity contribution in [2.24, 2.45) is 5.92 Å². The lowest BCUT2D eigenvalue weighted by molar-refractivity contribution is -0.122. The van der Waals surface area contributed by atoms with Crippen molar-refractivity contribution in [3.8, 4) is 0 Å². The number of nitrogens with one attached hydrogen (secondary N) is 2. The van der Waals surface area contributed by atoms with E-state index in [0.29, 0.717) is 23.8 Å². The third kappa shape index (κ3) is 5.25. The molecule has 2 N–H and O–H groups in total. The number of nitrogens with zero attached hydrogens (tertiary/aromatic N) is 1. The van der Waals surface area contributed by atoms with Crippen molar-refractivity contribution >= 4 is 22.6 Å². The van der Waals surface area contributed by atoms with Gasteiger partial charge in [0.1, 0.15) is 6.54 Å². The quantitative estimate of drug-likeness (QED) is 0.575. The van der Waals surface area contributed by atoms with Crippen molar-refractivity contribution in [3.05, 3.63) is 82.8 Å². The van der Waals surface area contributed by atoms with Crippen molar-refractivity contribution in [1.82, 2.24) is 15.2 Å². The molecule has 0 spiro atoms. The molecule has 0 unspecified atom stereocenters. The Hall–Kier alpha value is -3.41. The predicted molar refractivity (Wildman–Crippen MR) is 125 cm³/mol. The second-order valence-electron chi connectivity index (χ2n) is 8.45. The Morgan fingerprint density at radius 2 is 1.69 bits per heavy atom. The molecule has 6 nitrogen and oxygen atoms in total. The van der Waals surface area contributed by atoms with Crippen LogP contribution in [0.25, 0.3) is 10.8 Å². The van der Waals surface area contributed by atoms with Crippen LogP contribution in [-0.2, 0) is 16.1 Å². The van der Waals surface area contributed by atoms with E-state index in [1.807, 2.05) is 24.3 Å². The van der Waals surface area contributed by atoms with Gasteiger partial charge < -0.3 is 15.2 Å². The van der Waals surface area contributed by atoms with Crippen LogP contribution >= 0.6 is 0 Å². The zero-order valence-electron chi connectivity index (χ0n) is 18.1. The second kappa shape index (κ2) is 10.3. The van der Waals surface area contributed by atoms with Gasteiger partial charge in [0.05, 0.1) is 0 Å². The smallest absolute Gasteiger partial charge is 0.258 e. The van der Waals surface area contributed by atoms with Crippen molar-refractivity contribution < 1.29 is 9.59 Å². The lowest BCUT2D eigenvalue weighted by Gasteiger charge is -2.20.